The van der Waals surface area contributed by atoms with Crippen molar-refractivity contribution in [1.29, 1.82) is 0 Å². The monoisotopic (exact) mass is 292 g/mol. The minimum absolute atomic E-state index is 0.288. The van der Waals surface area contributed by atoms with Crippen molar-refractivity contribution >= 4 is 23.2 Å². The van der Waals surface area contributed by atoms with E-state index in [2.05, 4.69) is 5.32 Å². The van der Waals surface area contributed by atoms with E-state index < -0.39 is 0 Å². The Kier molecular flexibility index (Phi) is 4.25. The molecule has 0 aliphatic carbocycles. The Morgan fingerprint density at radius 3 is 2.70 bits per heavy atom. The zero-order chi connectivity index (χ0) is 14.7. The standard InChI is InChI=1S/C15H14ClFN2O/c1-9(10-3-2-4-12(17)7-10)19-15(20)11-5-6-14(18)13(16)8-11/h2-9H,18H2,1H3,(H,19,20). The first-order valence-corrected chi connectivity index (χ1v) is 6.46. The van der Waals surface area contributed by atoms with Gasteiger partial charge in [-0.3, -0.25) is 4.79 Å². The molecule has 1 atom stereocenters. The van der Waals surface area contributed by atoms with Crippen LogP contribution in [0.3, 0.4) is 0 Å². The van der Waals surface area contributed by atoms with E-state index in [1.54, 1.807) is 31.2 Å². The van der Waals surface area contributed by atoms with Gasteiger partial charge in [0, 0.05) is 5.56 Å². The number of anilines is 1. The van der Waals surface area contributed by atoms with Crippen LogP contribution < -0.4 is 11.1 Å². The highest BCUT2D eigenvalue weighted by Crippen LogP contribution is 2.20. The third kappa shape index (κ3) is 3.27. The number of hydrogen-bond acceptors (Lipinski definition) is 2. The van der Waals surface area contributed by atoms with Gasteiger partial charge in [0.15, 0.2) is 0 Å². The lowest BCUT2D eigenvalue weighted by Gasteiger charge is -2.14. The van der Waals surface area contributed by atoms with Gasteiger partial charge in [-0.15, -0.1) is 0 Å². The van der Waals surface area contributed by atoms with Crippen molar-refractivity contribution in [2.75, 3.05) is 5.73 Å². The Hall–Kier alpha value is -2.07. The molecule has 1 unspecified atom stereocenters. The van der Waals surface area contributed by atoms with E-state index in [1.807, 2.05) is 0 Å². The van der Waals surface area contributed by atoms with Crippen LogP contribution in [0.2, 0.25) is 5.02 Å². The number of halogens is 2. The van der Waals surface area contributed by atoms with Crippen LogP contribution in [0.4, 0.5) is 10.1 Å². The molecule has 0 radical (unpaired) electrons. The summed E-state index contributed by atoms with van der Waals surface area (Å²) in [6.07, 6.45) is 0. The molecule has 2 aromatic carbocycles. The fourth-order valence-corrected chi connectivity index (χ4v) is 1.99. The number of hydrogen-bond donors (Lipinski definition) is 2. The number of nitrogens with two attached hydrogens (primary N) is 1. The van der Waals surface area contributed by atoms with Crippen molar-refractivity contribution in [1.82, 2.24) is 5.32 Å². The molecule has 0 aliphatic heterocycles. The Bertz CT molecular complexity index is 646. The van der Waals surface area contributed by atoms with Gasteiger partial charge in [-0.05, 0) is 42.8 Å². The van der Waals surface area contributed by atoms with E-state index in [9.17, 15) is 9.18 Å². The minimum Gasteiger partial charge on any atom is -0.398 e. The molecule has 2 aromatic rings. The van der Waals surface area contributed by atoms with Crippen LogP contribution in [-0.4, -0.2) is 5.91 Å². The molecule has 0 saturated heterocycles. The average molecular weight is 293 g/mol. The predicted molar refractivity (Wildman–Crippen MR) is 78.1 cm³/mol. The molecule has 0 spiro atoms. The summed E-state index contributed by atoms with van der Waals surface area (Å²) in [5.74, 6) is -0.622. The lowest BCUT2D eigenvalue weighted by atomic mass is 10.1. The Balaban J connectivity index is 2.13. The van der Waals surface area contributed by atoms with Crippen LogP contribution in [0, 0.1) is 5.82 Å². The van der Waals surface area contributed by atoms with Gasteiger partial charge in [0.25, 0.3) is 5.91 Å². The molecule has 3 N–H and O–H groups in total. The molecule has 104 valence electrons. The summed E-state index contributed by atoms with van der Waals surface area (Å²) in [5, 5.41) is 3.11. The SMILES string of the molecule is CC(NC(=O)c1ccc(N)c(Cl)c1)c1cccc(F)c1. The number of nitrogens with one attached hydrogen (secondary N) is 1. The van der Waals surface area contributed by atoms with Gasteiger partial charge in [0.1, 0.15) is 5.82 Å². The van der Waals surface area contributed by atoms with Gasteiger partial charge in [-0.25, -0.2) is 4.39 Å². The molecule has 0 saturated carbocycles. The summed E-state index contributed by atoms with van der Waals surface area (Å²) in [6.45, 7) is 1.78. The summed E-state index contributed by atoms with van der Waals surface area (Å²) < 4.78 is 13.1. The Labute approximate surface area is 121 Å². The fraction of sp³-hybridized carbons (Fsp3) is 0.133. The van der Waals surface area contributed by atoms with E-state index in [4.69, 9.17) is 17.3 Å². The normalized spacial score (nSPS) is 11.9. The lowest BCUT2D eigenvalue weighted by Crippen LogP contribution is -2.26. The van der Waals surface area contributed by atoms with E-state index >= 15 is 0 Å². The zero-order valence-electron chi connectivity index (χ0n) is 10.9. The molecular formula is C15H14ClFN2O. The first-order chi connectivity index (χ1) is 9.47. The average Bonchev–Trinajstić information content (AvgIpc) is 2.41. The summed E-state index contributed by atoms with van der Waals surface area (Å²) in [6, 6.07) is 10.5. The second-order valence-electron chi connectivity index (χ2n) is 4.49. The molecule has 5 heteroatoms. The number of carbonyl (C=O) groups excluding carboxylic acids is 1. The van der Waals surface area contributed by atoms with Gasteiger partial charge in [0.2, 0.25) is 0 Å². The van der Waals surface area contributed by atoms with Crippen molar-refractivity contribution in [2.45, 2.75) is 13.0 Å². The second kappa shape index (κ2) is 5.92. The number of carbonyl (C=O) groups is 1. The molecule has 20 heavy (non-hydrogen) atoms. The molecule has 0 aromatic heterocycles. The van der Waals surface area contributed by atoms with Gasteiger partial charge in [-0.2, -0.15) is 0 Å². The molecule has 1 amide bonds. The van der Waals surface area contributed by atoms with Crippen LogP contribution in [-0.2, 0) is 0 Å². The van der Waals surface area contributed by atoms with Crippen LogP contribution in [0.5, 0.6) is 0 Å². The van der Waals surface area contributed by atoms with Gasteiger partial charge in [-0.1, -0.05) is 23.7 Å². The highest BCUT2D eigenvalue weighted by atomic mass is 35.5. The van der Waals surface area contributed by atoms with E-state index in [1.165, 1.54) is 18.2 Å². The smallest absolute Gasteiger partial charge is 0.251 e. The van der Waals surface area contributed by atoms with Crippen molar-refractivity contribution < 1.29 is 9.18 Å². The highest BCUT2D eigenvalue weighted by Gasteiger charge is 2.12. The second-order valence-corrected chi connectivity index (χ2v) is 4.89. The van der Waals surface area contributed by atoms with Gasteiger partial charge >= 0.3 is 0 Å². The van der Waals surface area contributed by atoms with Crippen molar-refractivity contribution in [3.05, 3.63) is 64.4 Å². The third-order valence-electron chi connectivity index (χ3n) is 2.96. The molecule has 0 heterocycles. The van der Waals surface area contributed by atoms with Crippen LogP contribution in [0.1, 0.15) is 28.9 Å². The molecule has 0 fully saturated rings. The van der Waals surface area contributed by atoms with Crippen molar-refractivity contribution in [2.24, 2.45) is 0 Å². The largest absolute Gasteiger partial charge is 0.398 e. The van der Waals surface area contributed by atoms with Crippen LogP contribution >= 0.6 is 11.6 Å². The summed E-state index contributed by atoms with van der Waals surface area (Å²) in [7, 11) is 0. The number of nitrogen functional groups attached to an aromatic ring is 1. The molecule has 0 aliphatic rings. The molecule has 2 rings (SSSR count). The third-order valence-corrected chi connectivity index (χ3v) is 3.29. The maximum absolute atomic E-state index is 13.1. The number of rotatable bonds is 3. The quantitative estimate of drug-likeness (QED) is 0.850. The van der Waals surface area contributed by atoms with E-state index in [0.717, 1.165) is 0 Å². The number of benzene rings is 2. The molecule has 0 bridgehead atoms. The lowest BCUT2D eigenvalue weighted by molar-refractivity contribution is 0.0940. The summed E-state index contributed by atoms with van der Waals surface area (Å²) in [4.78, 5) is 12.1. The fourth-order valence-electron chi connectivity index (χ4n) is 1.81. The zero-order valence-corrected chi connectivity index (χ0v) is 11.6. The van der Waals surface area contributed by atoms with Crippen LogP contribution in [0.15, 0.2) is 42.5 Å². The Morgan fingerprint density at radius 1 is 1.30 bits per heavy atom. The maximum atomic E-state index is 13.1. The van der Waals surface area contributed by atoms with Crippen molar-refractivity contribution in [3.63, 3.8) is 0 Å². The Morgan fingerprint density at radius 2 is 2.05 bits per heavy atom. The van der Waals surface area contributed by atoms with E-state index in [-0.39, 0.29) is 17.8 Å². The summed E-state index contributed by atoms with van der Waals surface area (Å²) in [5.41, 5.74) is 7.11. The first-order valence-electron chi connectivity index (χ1n) is 6.08. The predicted octanol–water partition coefficient (Wildman–Crippen LogP) is 3.55. The first kappa shape index (κ1) is 14.3. The van der Waals surface area contributed by atoms with Gasteiger partial charge < -0.3 is 11.1 Å². The topological polar surface area (TPSA) is 55.1 Å². The summed E-state index contributed by atoms with van der Waals surface area (Å²) >= 11 is 5.88. The maximum Gasteiger partial charge on any atom is 0.251 e. The van der Waals surface area contributed by atoms with Gasteiger partial charge in [0.05, 0.1) is 16.8 Å². The van der Waals surface area contributed by atoms with E-state index in [0.29, 0.717) is 21.8 Å². The molecule has 3 nitrogen and oxygen atoms in total. The van der Waals surface area contributed by atoms with Crippen LogP contribution in [0.25, 0.3) is 0 Å². The van der Waals surface area contributed by atoms with Crippen molar-refractivity contribution in [3.8, 4) is 0 Å². The molecular weight excluding hydrogens is 279 g/mol. The number of amides is 1. The highest BCUT2D eigenvalue weighted by molar-refractivity contribution is 6.33. The minimum atomic E-state index is -0.334.